The first-order valence-electron chi connectivity index (χ1n) is 14.6. The highest BCUT2D eigenvalue weighted by atomic mass is 19.1. The Morgan fingerprint density at radius 1 is 1.13 bits per heavy atom. The number of nitrogen functional groups attached to an aromatic ring is 1. The Labute approximate surface area is 258 Å². The maximum Gasteiger partial charge on any atom is 0.309 e. The van der Waals surface area contributed by atoms with Crippen molar-refractivity contribution in [2.24, 2.45) is 22.6 Å². The second-order valence-corrected chi connectivity index (χ2v) is 11.6. The molecule has 1 unspecified atom stereocenters. The van der Waals surface area contributed by atoms with Crippen LogP contribution >= 0.6 is 0 Å². The quantitative estimate of drug-likeness (QED) is 0.168. The zero-order valence-corrected chi connectivity index (χ0v) is 24.8. The molecule has 1 aliphatic heterocycles. The molecule has 3 aromatic rings. The number of hydrogen-bond donors (Lipinski definition) is 3. The van der Waals surface area contributed by atoms with Crippen molar-refractivity contribution in [3.63, 3.8) is 0 Å². The number of aromatic hydroxyl groups is 1. The number of aromatic nitrogens is 1. The number of likely N-dealkylation sites (N-methyl/N-ethyl adjacent to an activating group) is 1. The molecule has 3 fully saturated rings. The number of fused-ring (bicyclic) bond motifs is 3. The summed E-state index contributed by atoms with van der Waals surface area (Å²) in [7, 11) is 3.26. The summed E-state index contributed by atoms with van der Waals surface area (Å²) in [4.78, 5) is 22.6. The fourth-order valence-electron chi connectivity index (χ4n) is 6.40. The summed E-state index contributed by atoms with van der Waals surface area (Å²) in [5.41, 5.74) is 5.66. The number of carbonyl (C=O) groups is 1. The number of ether oxygens (including phenoxy) is 4. The number of methoxy groups -OCH3 is 1. The van der Waals surface area contributed by atoms with Gasteiger partial charge < -0.3 is 34.7 Å². The second kappa shape index (κ2) is 11.9. The molecule has 2 heterocycles. The highest BCUT2D eigenvalue weighted by molar-refractivity contribution is 6.02. The van der Waals surface area contributed by atoms with Crippen LogP contribution in [0.5, 0.6) is 34.6 Å². The van der Waals surface area contributed by atoms with Gasteiger partial charge in [0, 0.05) is 25.6 Å². The number of halogens is 2. The lowest BCUT2D eigenvalue weighted by Gasteiger charge is -2.49. The molecule has 7 rings (SSSR count). The minimum absolute atomic E-state index is 0.114. The summed E-state index contributed by atoms with van der Waals surface area (Å²) in [6, 6.07) is 8.81. The van der Waals surface area contributed by atoms with Gasteiger partial charge in [-0.15, -0.1) is 0 Å². The minimum atomic E-state index is -1.25. The predicted octanol–water partition coefficient (Wildman–Crippen LogP) is 5.13. The molecule has 1 aromatic heterocycles. The van der Waals surface area contributed by atoms with Crippen LogP contribution in [0.4, 0.5) is 8.78 Å². The van der Waals surface area contributed by atoms with Crippen LogP contribution in [0, 0.1) is 28.9 Å². The topological polar surface area (TPSA) is 153 Å². The van der Waals surface area contributed by atoms with E-state index in [-0.39, 0.29) is 46.5 Å². The highest BCUT2D eigenvalue weighted by Crippen LogP contribution is 2.50. The molecule has 2 aromatic carbocycles. The van der Waals surface area contributed by atoms with E-state index in [1.807, 2.05) is 11.9 Å². The lowest BCUT2D eigenvalue weighted by molar-refractivity contribution is -0.158. The highest BCUT2D eigenvalue weighted by Gasteiger charge is 2.50. The number of nitrogens with one attached hydrogen (secondary N) is 1. The van der Waals surface area contributed by atoms with Crippen molar-refractivity contribution in [2.45, 2.75) is 37.7 Å². The van der Waals surface area contributed by atoms with Crippen LogP contribution in [0.2, 0.25) is 0 Å². The van der Waals surface area contributed by atoms with Crippen molar-refractivity contribution in [1.82, 2.24) is 9.88 Å². The van der Waals surface area contributed by atoms with Gasteiger partial charge in [-0.25, -0.2) is 9.37 Å². The van der Waals surface area contributed by atoms with Crippen LogP contribution in [0.3, 0.4) is 0 Å². The summed E-state index contributed by atoms with van der Waals surface area (Å²) in [6.07, 6.45) is 4.64. The Bertz CT molecular complexity index is 1690. The molecule has 3 aliphatic carbocycles. The first-order valence-corrected chi connectivity index (χ1v) is 14.6. The standard InChI is InChI=1S/C32H33F2N5O6/c1-39-12-11-37-29(39)20-14-19(45-32-9-7-17(8-10-32)21(15-32)31(41)42-2)4-6-24(20)43-27-22(33)16-38-30(26(27)34)44-25-13-18(28(35)36)3-5-23(25)40/h3-6,13-14,16-17,21,40H,7-12,15H2,1-2H3,(H3,35,36). The summed E-state index contributed by atoms with van der Waals surface area (Å²) in [5.74, 6) is -3.61. The molecule has 45 heavy (non-hydrogen) atoms. The van der Waals surface area contributed by atoms with E-state index in [1.54, 1.807) is 18.2 Å². The fourth-order valence-corrected chi connectivity index (χ4v) is 6.40. The number of rotatable bonds is 9. The van der Waals surface area contributed by atoms with Crippen molar-refractivity contribution in [3.05, 3.63) is 65.4 Å². The Morgan fingerprint density at radius 3 is 2.60 bits per heavy atom. The van der Waals surface area contributed by atoms with E-state index in [9.17, 15) is 9.90 Å². The number of nitrogens with zero attached hydrogens (tertiary/aromatic N) is 3. The van der Waals surface area contributed by atoms with E-state index in [0.29, 0.717) is 36.7 Å². The van der Waals surface area contributed by atoms with Gasteiger partial charge in [-0.05, 0) is 68.0 Å². The van der Waals surface area contributed by atoms with E-state index in [0.717, 1.165) is 31.9 Å². The van der Waals surface area contributed by atoms with Gasteiger partial charge in [0.25, 0.3) is 5.88 Å². The van der Waals surface area contributed by atoms with Gasteiger partial charge in [0.05, 0.1) is 31.3 Å². The monoisotopic (exact) mass is 621 g/mol. The Kier molecular flexibility index (Phi) is 7.94. The van der Waals surface area contributed by atoms with Crippen LogP contribution in [0.1, 0.15) is 43.2 Å². The molecule has 1 atom stereocenters. The average molecular weight is 622 g/mol. The molecule has 0 amide bonds. The lowest BCUT2D eigenvalue weighted by Crippen LogP contribution is -2.51. The van der Waals surface area contributed by atoms with Gasteiger partial charge in [0.15, 0.2) is 17.3 Å². The van der Waals surface area contributed by atoms with Gasteiger partial charge in [0.1, 0.15) is 28.8 Å². The van der Waals surface area contributed by atoms with Crippen molar-refractivity contribution in [2.75, 3.05) is 27.2 Å². The van der Waals surface area contributed by atoms with Gasteiger partial charge >= 0.3 is 5.97 Å². The summed E-state index contributed by atoms with van der Waals surface area (Å²) >= 11 is 0. The van der Waals surface area contributed by atoms with E-state index in [4.69, 9.17) is 30.1 Å². The van der Waals surface area contributed by atoms with Crippen LogP contribution in [-0.4, -0.2) is 65.5 Å². The molecule has 0 saturated heterocycles. The molecule has 0 radical (unpaired) electrons. The number of nitrogens with two attached hydrogens (primary N) is 1. The molecule has 4 aliphatic rings. The molecular weight excluding hydrogens is 588 g/mol. The second-order valence-electron chi connectivity index (χ2n) is 11.6. The molecule has 11 nitrogen and oxygen atoms in total. The van der Waals surface area contributed by atoms with Crippen LogP contribution < -0.4 is 19.9 Å². The third kappa shape index (κ3) is 5.81. The lowest BCUT2D eigenvalue weighted by atomic mass is 9.62. The number of phenols is 1. The number of benzene rings is 2. The smallest absolute Gasteiger partial charge is 0.309 e. The number of aliphatic imine (C=N–C) groups is 1. The minimum Gasteiger partial charge on any atom is -0.504 e. The van der Waals surface area contributed by atoms with E-state index in [1.165, 1.54) is 25.3 Å². The third-order valence-corrected chi connectivity index (χ3v) is 8.78. The van der Waals surface area contributed by atoms with Gasteiger partial charge in [-0.3, -0.25) is 15.2 Å². The Morgan fingerprint density at radius 2 is 1.91 bits per heavy atom. The summed E-state index contributed by atoms with van der Waals surface area (Å²) < 4.78 is 53.7. The molecule has 13 heteroatoms. The predicted molar refractivity (Wildman–Crippen MR) is 159 cm³/mol. The van der Waals surface area contributed by atoms with Crippen LogP contribution in [0.25, 0.3) is 0 Å². The number of esters is 1. The van der Waals surface area contributed by atoms with E-state index < -0.39 is 28.9 Å². The average Bonchev–Trinajstić information content (AvgIpc) is 3.47. The normalized spacial score (nSPS) is 22.1. The molecule has 4 N–H and O–H groups in total. The molecule has 236 valence electrons. The number of carbonyl (C=O) groups excluding carboxylic acids is 1. The summed E-state index contributed by atoms with van der Waals surface area (Å²) in [5, 5.41) is 17.8. The number of amidine groups is 2. The zero-order chi connectivity index (χ0) is 31.9. The molecule has 0 spiro atoms. The SMILES string of the molecule is COC(=O)C1CC2(Oc3ccc(Oc4c(F)cnc(Oc5cc(C(=N)N)ccc5O)c4F)c(C4=NCCN4C)c3)CCC1CC2. The Balaban J connectivity index is 1.32. The first kappa shape index (κ1) is 30.1. The van der Waals surface area contributed by atoms with Gasteiger partial charge in [0.2, 0.25) is 11.6 Å². The fraction of sp³-hybridized carbons (Fsp3) is 0.375. The third-order valence-electron chi connectivity index (χ3n) is 8.78. The maximum absolute atomic E-state index is 15.7. The van der Waals surface area contributed by atoms with Gasteiger partial charge in [-0.1, -0.05) is 0 Å². The van der Waals surface area contributed by atoms with E-state index >= 15 is 8.78 Å². The molecule has 3 saturated carbocycles. The van der Waals surface area contributed by atoms with Crippen molar-refractivity contribution >= 4 is 17.6 Å². The van der Waals surface area contributed by atoms with Crippen LogP contribution in [0.15, 0.2) is 47.6 Å². The van der Waals surface area contributed by atoms with E-state index in [2.05, 4.69) is 9.98 Å². The summed E-state index contributed by atoms with van der Waals surface area (Å²) in [6.45, 7) is 1.17. The molecular formula is C32H33F2N5O6. The van der Waals surface area contributed by atoms with Crippen molar-refractivity contribution < 1.29 is 37.6 Å². The maximum atomic E-state index is 15.7. The van der Waals surface area contributed by atoms with Crippen LogP contribution in [-0.2, 0) is 9.53 Å². The zero-order valence-electron chi connectivity index (χ0n) is 24.8. The van der Waals surface area contributed by atoms with Crippen molar-refractivity contribution in [3.8, 4) is 34.6 Å². The van der Waals surface area contributed by atoms with Gasteiger partial charge in [-0.2, -0.15) is 4.39 Å². The number of pyridine rings is 1. The number of phenolic OH excluding ortho intramolecular Hbond substituents is 1. The first-order chi connectivity index (χ1) is 21.6. The number of hydrogen-bond acceptors (Lipinski definition) is 10. The largest absolute Gasteiger partial charge is 0.504 e. The Hall–Kier alpha value is -4.94. The molecule has 2 bridgehead atoms. The van der Waals surface area contributed by atoms with Crippen molar-refractivity contribution in [1.29, 1.82) is 5.41 Å².